The Morgan fingerprint density at radius 1 is 1.30 bits per heavy atom. The van der Waals surface area contributed by atoms with Gasteiger partial charge in [-0.3, -0.25) is 14.4 Å². The Bertz CT molecular complexity index is 672. The Labute approximate surface area is 154 Å². The molecule has 0 aliphatic carbocycles. The highest BCUT2D eigenvalue weighted by atomic mass is 127. The molecule has 1 N–H and O–H groups in total. The SMILES string of the molecule is CN=C(NCc1c(C)nn(C)c1C)N(C)Cc1ncnn1C.I. The molecule has 0 fully saturated rings. The van der Waals surface area contributed by atoms with Crippen molar-refractivity contribution in [3.8, 4) is 0 Å². The molecular formula is C14H25IN8. The first kappa shape index (κ1) is 19.4. The molecule has 2 aromatic heterocycles. The first-order valence-corrected chi connectivity index (χ1v) is 7.17. The maximum absolute atomic E-state index is 4.43. The van der Waals surface area contributed by atoms with Crippen LogP contribution in [0.25, 0.3) is 0 Å². The second-order valence-corrected chi connectivity index (χ2v) is 5.33. The molecule has 0 unspecified atom stereocenters. The van der Waals surface area contributed by atoms with Crippen LogP contribution in [0.4, 0.5) is 0 Å². The normalized spacial score (nSPS) is 11.3. The molecule has 0 bridgehead atoms. The molecule has 0 spiro atoms. The van der Waals surface area contributed by atoms with Crippen molar-refractivity contribution in [1.29, 1.82) is 0 Å². The molecule has 0 atom stereocenters. The summed E-state index contributed by atoms with van der Waals surface area (Å²) in [6.07, 6.45) is 1.56. The molecule has 9 heteroatoms. The first-order chi connectivity index (χ1) is 10.4. The monoisotopic (exact) mass is 432 g/mol. The average Bonchev–Trinajstić information content (AvgIpc) is 2.97. The van der Waals surface area contributed by atoms with Crippen molar-refractivity contribution < 1.29 is 0 Å². The van der Waals surface area contributed by atoms with E-state index in [4.69, 9.17) is 0 Å². The average molecular weight is 432 g/mol. The molecule has 0 aliphatic heterocycles. The topological polar surface area (TPSA) is 76.2 Å². The van der Waals surface area contributed by atoms with Crippen LogP contribution in [0.2, 0.25) is 0 Å². The summed E-state index contributed by atoms with van der Waals surface area (Å²) in [6.45, 7) is 5.43. The van der Waals surface area contributed by atoms with Crippen LogP contribution >= 0.6 is 24.0 Å². The smallest absolute Gasteiger partial charge is 0.194 e. The Kier molecular flexibility index (Phi) is 6.98. The lowest BCUT2D eigenvalue weighted by Crippen LogP contribution is -2.38. The molecular weight excluding hydrogens is 407 g/mol. The Balaban J connectivity index is 0.00000264. The summed E-state index contributed by atoms with van der Waals surface area (Å²) in [7, 11) is 7.60. The molecule has 8 nitrogen and oxygen atoms in total. The molecule has 23 heavy (non-hydrogen) atoms. The van der Waals surface area contributed by atoms with E-state index in [9.17, 15) is 0 Å². The first-order valence-electron chi connectivity index (χ1n) is 7.17. The lowest BCUT2D eigenvalue weighted by atomic mass is 10.2. The quantitative estimate of drug-likeness (QED) is 0.443. The zero-order chi connectivity index (χ0) is 16.3. The molecule has 0 saturated carbocycles. The maximum atomic E-state index is 4.43. The summed E-state index contributed by atoms with van der Waals surface area (Å²) in [4.78, 5) is 10.6. The summed E-state index contributed by atoms with van der Waals surface area (Å²) >= 11 is 0. The van der Waals surface area contributed by atoms with Crippen LogP contribution in [0.1, 0.15) is 22.8 Å². The molecule has 0 amide bonds. The third-order valence-electron chi connectivity index (χ3n) is 3.84. The standard InChI is InChI=1S/C14H24N8.HI/c1-10-12(11(2)21(5)19-10)7-16-14(15-3)20(4)8-13-17-9-18-22(13)6;/h9H,7-8H2,1-6H3,(H,15,16);1H. The fourth-order valence-corrected chi connectivity index (χ4v) is 2.38. The molecule has 0 aromatic carbocycles. The number of aromatic nitrogens is 5. The van der Waals surface area contributed by atoms with E-state index in [1.807, 2.05) is 37.6 Å². The van der Waals surface area contributed by atoms with E-state index in [2.05, 4.69) is 32.4 Å². The van der Waals surface area contributed by atoms with Gasteiger partial charge in [0.25, 0.3) is 0 Å². The van der Waals surface area contributed by atoms with Crippen molar-refractivity contribution in [2.24, 2.45) is 19.1 Å². The summed E-state index contributed by atoms with van der Waals surface area (Å²) in [6, 6.07) is 0. The predicted molar refractivity (Wildman–Crippen MR) is 101 cm³/mol. The van der Waals surface area contributed by atoms with Crippen molar-refractivity contribution in [2.75, 3.05) is 14.1 Å². The Morgan fingerprint density at radius 2 is 2.00 bits per heavy atom. The fraction of sp³-hybridized carbons (Fsp3) is 0.571. The van der Waals surface area contributed by atoms with Gasteiger partial charge in [0, 0.05) is 46.0 Å². The third-order valence-corrected chi connectivity index (χ3v) is 3.84. The van der Waals surface area contributed by atoms with Gasteiger partial charge in [0.1, 0.15) is 12.2 Å². The van der Waals surface area contributed by atoms with Crippen LogP contribution in [0, 0.1) is 13.8 Å². The van der Waals surface area contributed by atoms with Gasteiger partial charge >= 0.3 is 0 Å². The van der Waals surface area contributed by atoms with Crippen molar-refractivity contribution in [3.05, 3.63) is 29.1 Å². The number of nitrogens with one attached hydrogen (secondary N) is 1. The van der Waals surface area contributed by atoms with Crippen LogP contribution in [0.15, 0.2) is 11.3 Å². The van der Waals surface area contributed by atoms with E-state index >= 15 is 0 Å². The Hall–Kier alpha value is -1.65. The zero-order valence-corrected chi connectivity index (χ0v) is 16.9. The maximum Gasteiger partial charge on any atom is 0.194 e. The van der Waals surface area contributed by atoms with Gasteiger partial charge in [-0.2, -0.15) is 10.2 Å². The third kappa shape index (κ3) is 4.43. The predicted octanol–water partition coefficient (Wildman–Crippen LogP) is 0.991. The molecule has 0 aliphatic rings. The molecule has 2 aromatic rings. The van der Waals surface area contributed by atoms with E-state index in [1.54, 1.807) is 18.1 Å². The lowest BCUT2D eigenvalue weighted by Gasteiger charge is -2.21. The van der Waals surface area contributed by atoms with Crippen LogP contribution in [-0.4, -0.2) is 49.5 Å². The minimum absolute atomic E-state index is 0. The number of nitrogens with zero attached hydrogens (tertiary/aromatic N) is 7. The highest BCUT2D eigenvalue weighted by Crippen LogP contribution is 2.11. The highest BCUT2D eigenvalue weighted by Gasteiger charge is 2.13. The van der Waals surface area contributed by atoms with E-state index < -0.39 is 0 Å². The Morgan fingerprint density at radius 3 is 2.48 bits per heavy atom. The molecule has 2 heterocycles. The number of aliphatic imine (C=N–C) groups is 1. The number of hydrogen-bond donors (Lipinski definition) is 1. The van der Waals surface area contributed by atoms with Gasteiger partial charge in [0.2, 0.25) is 0 Å². The van der Waals surface area contributed by atoms with Gasteiger partial charge in [-0.05, 0) is 13.8 Å². The van der Waals surface area contributed by atoms with Crippen LogP contribution in [-0.2, 0) is 27.2 Å². The van der Waals surface area contributed by atoms with E-state index in [-0.39, 0.29) is 24.0 Å². The number of guanidine groups is 1. The van der Waals surface area contributed by atoms with Crippen LogP contribution in [0.5, 0.6) is 0 Å². The number of aryl methyl sites for hydroxylation is 3. The molecule has 2 rings (SSSR count). The lowest BCUT2D eigenvalue weighted by molar-refractivity contribution is 0.448. The van der Waals surface area contributed by atoms with Gasteiger partial charge in [-0.15, -0.1) is 24.0 Å². The minimum Gasteiger partial charge on any atom is -0.352 e. The number of hydrogen-bond acceptors (Lipinski definition) is 4. The zero-order valence-electron chi connectivity index (χ0n) is 14.5. The summed E-state index contributed by atoms with van der Waals surface area (Å²) in [5.41, 5.74) is 3.41. The highest BCUT2D eigenvalue weighted by molar-refractivity contribution is 14.0. The van der Waals surface area contributed by atoms with Gasteiger partial charge in [0.05, 0.1) is 12.2 Å². The summed E-state index contributed by atoms with van der Waals surface area (Å²) in [5, 5.41) is 11.9. The van der Waals surface area contributed by atoms with Gasteiger partial charge in [-0.25, -0.2) is 4.98 Å². The second-order valence-electron chi connectivity index (χ2n) is 5.33. The van der Waals surface area contributed by atoms with Gasteiger partial charge < -0.3 is 10.2 Å². The summed E-state index contributed by atoms with van der Waals surface area (Å²) in [5.74, 6) is 1.70. The molecule has 0 saturated heterocycles. The van der Waals surface area contributed by atoms with E-state index in [0.717, 1.165) is 23.2 Å². The van der Waals surface area contributed by atoms with E-state index in [0.29, 0.717) is 13.1 Å². The van der Waals surface area contributed by atoms with Crippen LogP contribution in [0.3, 0.4) is 0 Å². The molecule has 128 valence electrons. The fourth-order valence-electron chi connectivity index (χ4n) is 2.38. The van der Waals surface area contributed by atoms with Crippen molar-refractivity contribution in [2.45, 2.75) is 26.9 Å². The second kappa shape index (κ2) is 8.27. The number of rotatable bonds is 4. The molecule has 0 radical (unpaired) electrons. The van der Waals surface area contributed by atoms with Gasteiger partial charge in [-0.1, -0.05) is 0 Å². The van der Waals surface area contributed by atoms with E-state index in [1.165, 1.54) is 5.56 Å². The van der Waals surface area contributed by atoms with Crippen molar-refractivity contribution >= 4 is 29.9 Å². The van der Waals surface area contributed by atoms with Crippen molar-refractivity contribution in [3.63, 3.8) is 0 Å². The number of halogens is 1. The minimum atomic E-state index is 0. The van der Waals surface area contributed by atoms with Gasteiger partial charge in [0.15, 0.2) is 5.96 Å². The summed E-state index contributed by atoms with van der Waals surface area (Å²) < 4.78 is 3.66. The van der Waals surface area contributed by atoms with Crippen LogP contribution < -0.4 is 5.32 Å². The van der Waals surface area contributed by atoms with Crippen molar-refractivity contribution in [1.82, 2.24) is 34.8 Å². The largest absolute Gasteiger partial charge is 0.352 e.